The Kier molecular flexibility index (Phi) is 22.3. The van der Waals surface area contributed by atoms with Gasteiger partial charge in [0.15, 0.2) is 5.65 Å². The van der Waals surface area contributed by atoms with Crippen LogP contribution in [0.4, 0.5) is 11.4 Å². The van der Waals surface area contributed by atoms with E-state index >= 15 is 0 Å². The molecule has 2 aliphatic rings. The van der Waals surface area contributed by atoms with Gasteiger partial charge in [-0.05, 0) is 122 Å². The molecule has 23 heteroatoms. The minimum Gasteiger partial charge on any atom is -0.850 e. The summed E-state index contributed by atoms with van der Waals surface area (Å²) < 4.78 is 91.0. The molecule has 5 aromatic rings. The van der Waals surface area contributed by atoms with E-state index in [1.807, 2.05) is 38.2 Å². The van der Waals surface area contributed by atoms with Gasteiger partial charge < -0.3 is 29.4 Å². The van der Waals surface area contributed by atoms with Crippen LogP contribution in [0.1, 0.15) is 112 Å². The van der Waals surface area contributed by atoms with E-state index in [1.165, 1.54) is 26.5 Å². The third kappa shape index (κ3) is 16.0. The molecule has 0 aliphatic heterocycles. The fourth-order valence-corrected chi connectivity index (χ4v) is 12.6. The molecule has 0 amide bonds. The van der Waals surface area contributed by atoms with Crippen molar-refractivity contribution < 1.29 is 101 Å². The van der Waals surface area contributed by atoms with Gasteiger partial charge in [0.2, 0.25) is 20.0 Å². The van der Waals surface area contributed by atoms with Gasteiger partial charge in [-0.2, -0.15) is 0 Å². The molecule has 2 aliphatic carbocycles. The SMILES string of the molecule is CC(C)(C)[O-].CCOC(=O)c1cnc2[nH]ccc2c1N(C)C1CCC(CS(=O)(=O)NC)CC1.CCOC(=O)c1cnc2c(ccn2S(=O)(=O)c2ccc(C)cc2)c1N(C)C1CCC(CS(=O)(=O)NC)CC1.[K+]. The number of benzene rings is 1. The number of pyridine rings is 2. The van der Waals surface area contributed by atoms with Crippen molar-refractivity contribution >= 4 is 75.5 Å². The Morgan fingerprint density at radius 3 is 1.58 bits per heavy atom. The van der Waals surface area contributed by atoms with Crippen LogP contribution in [0.3, 0.4) is 0 Å². The van der Waals surface area contributed by atoms with E-state index < -0.39 is 41.6 Å². The number of carbonyl (C=O) groups is 2. The summed E-state index contributed by atoms with van der Waals surface area (Å²) in [6.07, 6.45) is 12.5. The van der Waals surface area contributed by atoms with E-state index in [9.17, 15) is 39.9 Å². The number of aromatic nitrogens is 4. The van der Waals surface area contributed by atoms with Gasteiger partial charge in [0.1, 0.15) is 16.8 Å². The first-order chi connectivity index (χ1) is 33.3. The number of nitrogens with one attached hydrogen (secondary N) is 3. The number of esters is 2. The van der Waals surface area contributed by atoms with Crippen molar-refractivity contribution in [2.24, 2.45) is 11.8 Å². The monoisotopic (exact) mass is 1080 g/mol. The quantitative estimate of drug-likeness (QED) is 0.0949. The van der Waals surface area contributed by atoms with Crippen molar-refractivity contribution in [1.82, 2.24) is 28.4 Å². The van der Waals surface area contributed by atoms with Crippen molar-refractivity contribution in [2.45, 2.75) is 115 Å². The second kappa shape index (κ2) is 26.3. The summed E-state index contributed by atoms with van der Waals surface area (Å²) in [4.78, 5) is 41.5. The second-order valence-corrected chi connectivity index (χ2v) is 24.8. The topological polar surface area (TPSA) is 255 Å². The first-order valence-electron chi connectivity index (χ1n) is 24.0. The molecule has 3 N–H and O–H groups in total. The third-order valence-corrected chi connectivity index (χ3v) is 17.5. The van der Waals surface area contributed by atoms with E-state index in [2.05, 4.69) is 29.3 Å². The maximum absolute atomic E-state index is 13.5. The summed E-state index contributed by atoms with van der Waals surface area (Å²) in [6, 6.07) is 10.4. The molecule has 1 aromatic carbocycles. The average Bonchev–Trinajstić information content (AvgIpc) is 3.99. The fourth-order valence-electron chi connectivity index (χ4n) is 9.09. The zero-order valence-electron chi connectivity index (χ0n) is 43.5. The van der Waals surface area contributed by atoms with Crippen molar-refractivity contribution in [3.8, 4) is 0 Å². The van der Waals surface area contributed by atoms with Crippen LogP contribution in [0, 0.1) is 18.8 Å². The summed E-state index contributed by atoms with van der Waals surface area (Å²) in [5, 5.41) is 11.5. The number of hydrogen-bond acceptors (Lipinski definition) is 15. The zero-order valence-corrected chi connectivity index (χ0v) is 49.1. The van der Waals surface area contributed by atoms with E-state index in [1.54, 1.807) is 71.1 Å². The number of nitrogens with zero attached hydrogens (tertiary/aromatic N) is 5. The van der Waals surface area contributed by atoms with E-state index in [0.717, 1.165) is 77.6 Å². The molecule has 2 fully saturated rings. The Bertz CT molecular complexity index is 2940. The Morgan fingerprint density at radius 1 is 0.722 bits per heavy atom. The molecule has 4 aromatic heterocycles. The number of hydrogen-bond donors (Lipinski definition) is 3. The second-order valence-electron chi connectivity index (χ2n) is 19.0. The molecule has 2 saturated carbocycles. The first kappa shape index (κ1) is 61.1. The smallest absolute Gasteiger partial charge is 0.850 e. The molecule has 0 spiro atoms. The first-order valence-corrected chi connectivity index (χ1v) is 28.7. The van der Waals surface area contributed by atoms with Gasteiger partial charge in [-0.25, -0.2) is 58.2 Å². The molecular formula is C49H71KN8O11S3. The van der Waals surface area contributed by atoms with E-state index in [0.29, 0.717) is 23.2 Å². The number of aromatic amines is 1. The number of aryl methyl sites for hydroxylation is 1. The minimum atomic E-state index is -3.92. The zero-order chi connectivity index (χ0) is 52.5. The predicted octanol–water partition coefficient (Wildman–Crippen LogP) is 2.74. The number of ether oxygens (including phenoxy) is 2. The molecule has 4 heterocycles. The van der Waals surface area contributed by atoms with Crippen molar-refractivity contribution in [3.05, 3.63) is 77.9 Å². The van der Waals surface area contributed by atoms with Gasteiger partial charge in [0.05, 0.1) is 41.0 Å². The van der Waals surface area contributed by atoms with Crippen LogP contribution in [-0.2, 0) is 39.5 Å². The third-order valence-electron chi connectivity index (χ3n) is 12.7. The summed E-state index contributed by atoms with van der Waals surface area (Å²) in [5.74, 6) is -0.435. The van der Waals surface area contributed by atoms with Gasteiger partial charge in [-0.1, -0.05) is 38.5 Å². The van der Waals surface area contributed by atoms with Gasteiger partial charge in [0, 0.05) is 61.7 Å². The van der Waals surface area contributed by atoms with Crippen molar-refractivity contribution in [3.63, 3.8) is 0 Å². The molecular weight excluding hydrogens is 1010 g/mol. The normalized spacial score (nSPS) is 18.4. The maximum Gasteiger partial charge on any atom is 1.00 e. The molecule has 19 nitrogen and oxygen atoms in total. The number of H-pyrrole nitrogens is 1. The van der Waals surface area contributed by atoms with Crippen LogP contribution in [0.15, 0.2) is 66.1 Å². The van der Waals surface area contributed by atoms with E-state index in [-0.39, 0.29) is 115 Å². The van der Waals surface area contributed by atoms with Crippen molar-refractivity contribution in [2.75, 3.05) is 62.7 Å². The van der Waals surface area contributed by atoms with Gasteiger partial charge >= 0.3 is 63.3 Å². The van der Waals surface area contributed by atoms with Gasteiger partial charge in [-0.15, -0.1) is 5.60 Å². The molecule has 0 atom stereocenters. The summed E-state index contributed by atoms with van der Waals surface area (Å²) in [5.41, 5.74) is 3.22. The molecule has 7 rings (SSSR count). The van der Waals surface area contributed by atoms with Crippen molar-refractivity contribution in [1.29, 1.82) is 0 Å². The average molecular weight is 1080 g/mol. The van der Waals surface area contributed by atoms with Crippen LogP contribution in [0.25, 0.3) is 22.1 Å². The molecule has 392 valence electrons. The number of fused-ring (bicyclic) bond motifs is 2. The summed E-state index contributed by atoms with van der Waals surface area (Å²) >= 11 is 0. The molecule has 0 unspecified atom stereocenters. The van der Waals surface area contributed by atoms with Crippen LogP contribution in [-0.4, -0.2) is 127 Å². The standard InChI is InChI=1S/C26H34N4O6S2.C19H28N4O4S.C4H9O.K/c1-5-36-26(31)23-16-28-25-22(14-15-30(25)38(34,35)21-12-6-18(2)7-13-21)24(23)29(4)20-10-8-19(9-11-20)17-37(32,33)27-3;1-4-27-19(24)16-11-22-18-15(9-10-21-18)17(16)23(3)14-7-5-13(6-8-14)12-28(25,26)20-2;1-4(2,3)5;/h6-7,12-16,19-20,27H,5,8-11,17H2,1-4H3;9-11,13-14,20H,4-8,12H2,1-3H3,(H,21,22);1-3H3;/q;;-1;+1. The fraction of sp³-hybridized carbons (Fsp3) is 0.551. The minimum absolute atomic E-state index is 0. The Hall–Kier alpha value is -3.49. The van der Waals surface area contributed by atoms with Gasteiger partial charge in [0.25, 0.3) is 10.0 Å². The summed E-state index contributed by atoms with van der Waals surface area (Å²) in [7, 11) is -3.67. The van der Waals surface area contributed by atoms with E-state index in [4.69, 9.17) is 9.47 Å². The van der Waals surface area contributed by atoms with Crippen LogP contribution < -0.4 is 75.7 Å². The molecule has 0 radical (unpaired) electrons. The largest absolute Gasteiger partial charge is 1.00 e. The number of carbonyl (C=O) groups excluding carboxylic acids is 2. The Balaban J connectivity index is 0.000000292. The van der Waals surface area contributed by atoms with Gasteiger partial charge in [-0.3, -0.25) is 0 Å². The molecule has 72 heavy (non-hydrogen) atoms. The number of sulfonamides is 2. The van der Waals surface area contributed by atoms with Crippen LogP contribution in [0.5, 0.6) is 0 Å². The maximum atomic E-state index is 13.5. The number of rotatable bonds is 16. The van der Waals surface area contributed by atoms with Crippen LogP contribution in [0.2, 0.25) is 0 Å². The Labute approximate surface area is 468 Å². The van der Waals surface area contributed by atoms with Crippen LogP contribution >= 0.6 is 0 Å². The predicted molar refractivity (Wildman–Crippen MR) is 275 cm³/mol. The summed E-state index contributed by atoms with van der Waals surface area (Å²) in [6.45, 7) is 10.8. The molecule has 0 bridgehead atoms. The molecule has 0 saturated heterocycles. The number of anilines is 2. The Morgan fingerprint density at radius 2 is 1.15 bits per heavy atom.